The minimum absolute atomic E-state index is 0.492. The Hall–Kier alpha value is -6.70. The first-order valence-corrected chi connectivity index (χ1v) is 18.3. The van der Waals surface area contributed by atoms with E-state index in [-0.39, 0.29) is 0 Å². The predicted octanol–water partition coefficient (Wildman–Crippen LogP) is 11.6. The van der Waals surface area contributed by atoms with Crippen LogP contribution in [0.3, 0.4) is 0 Å². The Kier molecular flexibility index (Phi) is 5.62. The summed E-state index contributed by atoms with van der Waals surface area (Å²) in [6.45, 7) is 0. The molecule has 7 heteroatoms. The summed E-state index contributed by atoms with van der Waals surface area (Å²) in [5.74, 6) is 1.40. The number of benzene rings is 7. The quantitative estimate of drug-likeness (QED) is 0.197. The van der Waals surface area contributed by atoms with E-state index in [0.29, 0.717) is 5.96 Å². The van der Waals surface area contributed by atoms with E-state index in [1.165, 1.54) is 31.6 Å². The fourth-order valence-electron chi connectivity index (χ4n) is 8.39. The third-order valence-corrected chi connectivity index (χ3v) is 11.8. The lowest BCUT2D eigenvalue weighted by Crippen LogP contribution is -2.37. The van der Waals surface area contributed by atoms with Crippen molar-refractivity contribution in [1.29, 1.82) is 0 Å². The molecular formula is C45H27N5OS. The molecule has 0 amide bonds. The summed E-state index contributed by atoms with van der Waals surface area (Å²) >= 11 is 1.78. The zero-order chi connectivity index (χ0) is 33.9. The molecule has 1 aliphatic rings. The van der Waals surface area contributed by atoms with Crippen molar-refractivity contribution in [3.05, 3.63) is 157 Å². The smallest absolute Gasteiger partial charge is 0.235 e. The zero-order valence-corrected chi connectivity index (χ0v) is 28.4. The van der Waals surface area contributed by atoms with Gasteiger partial charge in [-0.2, -0.15) is 4.99 Å². The minimum atomic E-state index is -0.492. The van der Waals surface area contributed by atoms with Crippen LogP contribution in [-0.4, -0.2) is 20.9 Å². The van der Waals surface area contributed by atoms with Crippen LogP contribution < -0.4 is 5.32 Å². The summed E-state index contributed by atoms with van der Waals surface area (Å²) in [6.07, 6.45) is -0.492. The molecular weight excluding hydrogens is 659 g/mol. The number of para-hydroxylation sites is 5. The van der Waals surface area contributed by atoms with Crippen molar-refractivity contribution in [2.45, 2.75) is 6.29 Å². The van der Waals surface area contributed by atoms with Crippen molar-refractivity contribution in [2.24, 2.45) is 9.98 Å². The Morgan fingerprint density at radius 3 is 1.77 bits per heavy atom. The molecule has 0 spiro atoms. The molecule has 12 rings (SSSR count). The molecule has 1 atom stereocenters. The van der Waals surface area contributed by atoms with Crippen LogP contribution in [-0.2, 0) is 0 Å². The molecule has 0 saturated heterocycles. The highest BCUT2D eigenvalue weighted by Crippen LogP contribution is 2.44. The van der Waals surface area contributed by atoms with Crippen LogP contribution in [0.4, 0.5) is 0 Å². The third kappa shape index (κ3) is 3.77. The first-order valence-electron chi connectivity index (χ1n) is 17.5. The number of nitrogens with one attached hydrogen (secondary N) is 1. The van der Waals surface area contributed by atoms with Gasteiger partial charge in [0.2, 0.25) is 12.2 Å². The van der Waals surface area contributed by atoms with Gasteiger partial charge in [0.1, 0.15) is 17.0 Å². The number of hydrogen-bond acceptors (Lipinski definition) is 5. The van der Waals surface area contributed by atoms with Gasteiger partial charge >= 0.3 is 0 Å². The fourth-order valence-corrected chi connectivity index (χ4v) is 9.60. The van der Waals surface area contributed by atoms with E-state index >= 15 is 0 Å². The van der Waals surface area contributed by atoms with Gasteiger partial charge in [-0.1, -0.05) is 109 Å². The van der Waals surface area contributed by atoms with E-state index in [2.05, 4.69) is 160 Å². The van der Waals surface area contributed by atoms with Crippen molar-refractivity contribution < 1.29 is 4.42 Å². The molecule has 1 aliphatic heterocycles. The number of thiophene rings is 1. The highest BCUT2D eigenvalue weighted by Gasteiger charge is 2.29. The van der Waals surface area contributed by atoms with Crippen LogP contribution in [0.15, 0.2) is 166 Å². The van der Waals surface area contributed by atoms with E-state index in [0.717, 1.165) is 65.5 Å². The average molecular weight is 686 g/mol. The molecule has 6 nitrogen and oxygen atoms in total. The van der Waals surface area contributed by atoms with E-state index in [9.17, 15) is 0 Å². The van der Waals surface area contributed by atoms with Crippen molar-refractivity contribution in [3.63, 3.8) is 0 Å². The second-order valence-corrected chi connectivity index (χ2v) is 14.4. The second kappa shape index (κ2) is 10.4. The molecule has 244 valence electrons. The molecule has 4 aromatic heterocycles. The van der Waals surface area contributed by atoms with Gasteiger partial charge in [0, 0.05) is 53.4 Å². The van der Waals surface area contributed by atoms with Gasteiger partial charge in [-0.15, -0.1) is 11.3 Å². The van der Waals surface area contributed by atoms with Crippen molar-refractivity contribution in [2.75, 3.05) is 0 Å². The van der Waals surface area contributed by atoms with E-state index in [4.69, 9.17) is 14.4 Å². The Balaban J connectivity index is 1.20. The molecule has 0 saturated carbocycles. The van der Waals surface area contributed by atoms with Crippen molar-refractivity contribution in [1.82, 2.24) is 14.5 Å². The topological polar surface area (TPSA) is 59.8 Å². The average Bonchev–Trinajstić information content (AvgIpc) is 3.95. The number of rotatable bonds is 2. The maximum Gasteiger partial charge on any atom is 0.235 e. The lowest BCUT2D eigenvalue weighted by atomic mass is 10.0. The number of aromatic nitrogens is 2. The maximum absolute atomic E-state index is 6.64. The van der Waals surface area contributed by atoms with Crippen LogP contribution in [0.25, 0.3) is 85.7 Å². The molecule has 1 N–H and O–H groups in total. The van der Waals surface area contributed by atoms with Crippen LogP contribution in [0, 0.1) is 0 Å². The summed E-state index contributed by atoms with van der Waals surface area (Å²) in [6, 6.07) is 53.4. The van der Waals surface area contributed by atoms with Gasteiger partial charge in [0.05, 0.1) is 26.8 Å². The lowest BCUT2D eigenvalue weighted by Gasteiger charge is -2.26. The summed E-state index contributed by atoms with van der Waals surface area (Å²) in [5.41, 5.74) is 7.15. The first-order chi connectivity index (χ1) is 25.8. The number of aliphatic imine (C=N–C) groups is 2. The minimum Gasteiger partial charge on any atom is -0.455 e. The summed E-state index contributed by atoms with van der Waals surface area (Å²) < 4.78 is 13.5. The lowest BCUT2D eigenvalue weighted by molar-refractivity contribution is 0.513. The number of nitrogens with zero attached hydrogens (tertiary/aromatic N) is 4. The van der Waals surface area contributed by atoms with Crippen LogP contribution in [0.2, 0.25) is 0 Å². The number of hydrogen-bond donors (Lipinski definition) is 1. The zero-order valence-electron chi connectivity index (χ0n) is 27.6. The fraction of sp³-hybridized carbons (Fsp3) is 0.0222. The van der Waals surface area contributed by atoms with Crippen LogP contribution in [0.1, 0.15) is 11.9 Å². The highest BCUT2D eigenvalue weighted by molar-refractivity contribution is 7.26. The summed E-state index contributed by atoms with van der Waals surface area (Å²) in [5, 5.41) is 13.0. The molecule has 7 aromatic carbocycles. The van der Waals surface area contributed by atoms with Gasteiger partial charge < -0.3 is 14.3 Å². The Bertz CT molecular complexity index is 3250. The van der Waals surface area contributed by atoms with Crippen molar-refractivity contribution in [3.8, 4) is 0 Å². The van der Waals surface area contributed by atoms with E-state index in [1.54, 1.807) is 11.3 Å². The van der Waals surface area contributed by atoms with Gasteiger partial charge in [-0.3, -0.25) is 4.57 Å². The van der Waals surface area contributed by atoms with Gasteiger partial charge in [-0.05, 0) is 42.5 Å². The monoisotopic (exact) mass is 685 g/mol. The van der Waals surface area contributed by atoms with Gasteiger partial charge in [0.25, 0.3) is 0 Å². The molecule has 1 unspecified atom stereocenters. The predicted molar refractivity (Wildman–Crippen MR) is 217 cm³/mol. The largest absolute Gasteiger partial charge is 0.455 e. The molecule has 0 aliphatic carbocycles. The van der Waals surface area contributed by atoms with Crippen LogP contribution in [0.5, 0.6) is 0 Å². The number of furan rings is 1. The SMILES string of the molecule is c1ccc2c(c1)oc1c2cc(C2=NC(n3c4ccccc4c4ccccc43)=NC(n3c4ccccc4c4ccccc43)N2)c2sc3ccccc3c21. The van der Waals surface area contributed by atoms with Gasteiger partial charge in [0.15, 0.2) is 0 Å². The molecule has 0 fully saturated rings. The van der Waals surface area contributed by atoms with Gasteiger partial charge in [-0.25, -0.2) is 4.99 Å². The summed E-state index contributed by atoms with van der Waals surface area (Å²) in [7, 11) is 0. The maximum atomic E-state index is 6.64. The molecule has 52 heavy (non-hydrogen) atoms. The van der Waals surface area contributed by atoms with E-state index < -0.39 is 6.29 Å². The molecule has 5 heterocycles. The summed E-state index contributed by atoms with van der Waals surface area (Å²) in [4.78, 5) is 11.0. The Morgan fingerprint density at radius 1 is 0.558 bits per heavy atom. The van der Waals surface area contributed by atoms with Crippen LogP contribution >= 0.6 is 11.3 Å². The highest BCUT2D eigenvalue weighted by atomic mass is 32.1. The molecule has 0 radical (unpaired) electrons. The number of fused-ring (bicyclic) bond motifs is 13. The molecule has 0 bridgehead atoms. The second-order valence-electron chi connectivity index (χ2n) is 13.4. The third-order valence-electron chi connectivity index (χ3n) is 10.6. The normalized spacial score (nSPS) is 15.1. The first kappa shape index (κ1) is 28.0. The Labute approximate surface area is 300 Å². The number of amidine groups is 1. The Morgan fingerprint density at radius 2 is 1.10 bits per heavy atom. The molecule has 11 aromatic rings. The standard InChI is InChI=1S/C45H27N5OS/c1-7-19-34-26(13-1)27-14-2-8-20-35(27)49(34)44-46-43(47-45(48-44)50-36-21-9-3-15-28(36)29-16-4-10-22-37(29)50)33-25-32-30-17-5-11-23-38(30)51-41(32)40-31-18-6-12-24-39(31)52-42(33)40/h1-25,44H,(H,46,47,48). The van der Waals surface area contributed by atoms with E-state index in [1.807, 2.05) is 6.07 Å². The van der Waals surface area contributed by atoms with Crippen molar-refractivity contribution >= 4 is 109 Å².